The molecule has 0 radical (unpaired) electrons. The molecule has 0 fully saturated rings. The molecule has 2 N–H and O–H groups in total. The minimum Gasteiger partial charge on any atom is -0.481 e. The van der Waals surface area contributed by atoms with Crippen molar-refractivity contribution in [1.82, 2.24) is 4.98 Å². The van der Waals surface area contributed by atoms with Crippen molar-refractivity contribution in [1.29, 1.82) is 0 Å². The Bertz CT molecular complexity index is 525. The maximum atomic E-state index is 13.6. The number of hydrogen-bond acceptors (Lipinski definition) is 3. The van der Waals surface area contributed by atoms with Crippen molar-refractivity contribution in [3.05, 3.63) is 29.7 Å². The molecular formula is C11H11FN2O. The van der Waals surface area contributed by atoms with Gasteiger partial charge in [-0.05, 0) is 19.1 Å². The van der Waals surface area contributed by atoms with Crippen LogP contribution >= 0.6 is 0 Å². The standard InChI is InChI=1S/C11H11FN2O/c1-6-10(13)9-7(11(14-6)15-2)4-3-5-8(9)12/h3-5H,13H2,1-2H3. The van der Waals surface area contributed by atoms with Crippen LogP contribution in [-0.4, -0.2) is 12.1 Å². The topological polar surface area (TPSA) is 48.1 Å². The Morgan fingerprint density at radius 3 is 2.80 bits per heavy atom. The average Bonchev–Trinajstić information content (AvgIpc) is 2.23. The maximum absolute atomic E-state index is 13.6. The van der Waals surface area contributed by atoms with Crippen LogP contribution in [0.5, 0.6) is 5.88 Å². The molecule has 1 heterocycles. The predicted octanol–water partition coefficient (Wildman–Crippen LogP) is 2.27. The van der Waals surface area contributed by atoms with E-state index in [1.807, 2.05) is 0 Å². The molecule has 0 atom stereocenters. The summed E-state index contributed by atoms with van der Waals surface area (Å²) < 4.78 is 18.7. The quantitative estimate of drug-likeness (QED) is 0.778. The molecule has 0 saturated carbocycles. The van der Waals surface area contributed by atoms with Gasteiger partial charge >= 0.3 is 0 Å². The molecule has 0 bridgehead atoms. The van der Waals surface area contributed by atoms with Crippen molar-refractivity contribution in [2.45, 2.75) is 6.92 Å². The third-order valence-corrected chi connectivity index (χ3v) is 2.37. The number of nitrogen functional groups attached to an aromatic ring is 1. The zero-order valence-corrected chi connectivity index (χ0v) is 8.54. The molecule has 0 spiro atoms. The first-order valence-corrected chi connectivity index (χ1v) is 4.53. The smallest absolute Gasteiger partial charge is 0.221 e. The first-order valence-electron chi connectivity index (χ1n) is 4.53. The summed E-state index contributed by atoms with van der Waals surface area (Å²) >= 11 is 0. The molecule has 0 amide bonds. The molecule has 0 aliphatic carbocycles. The van der Waals surface area contributed by atoms with E-state index in [2.05, 4.69) is 4.98 Å². The van der Waals surface area contributed by atoms with Gasteiger partial charge in [-0.1, -0.05) is 6.07 Å². The summed E-state index contributed by atoms with van der Waals surface area (Å²) in [5, 5.41) is 0.974. The van der Waals surface area contributed by atoms with Crippen LogP contribution in [0, 0.1) is 12.7 Å². The molecule has 3 nitrogen and oxygen atoms in total. The van der Waals surface area contributed by atoms with Gasteiger partial charge in [-0.25, -0.2) is 9.37 Å². The number of nitrogens with two attached hydrogens (primary N) is 1. The van der Waals surface area contributed by atoms with Crippen LogP contribution in [0.4, 0.5) is 10.1 Å². The van der Waals surface area contributed by atoms with Crippen LogP contribution < -0.4 is 10.5 Å². The molecule has 0 saturated heterocycles. The van der Waals surface area contributed by atoms with Gasteiger partial charge in [0, 0.05) is 10.8 Å². The van der Waals surface area contributed by atoms with E-state index >= 15 is 0 Å². The molecule has 2 rings (SSSR count). The largest absolute Gasteiger partial charge is 0.481 e. The van der Waals surface area contributed by atoms with E-state index in [9.17, 15) is 4.39 Å². The average molecular weight is 206 g/mol. The number of halogens is 1. The van der Waals surface area contributed by atoms with Gasteiger partial charge in [-0.15, -0.1) is 0 Å². The van der Waals surface area contributed by atoms with E-state index in [0.717, 1.165) is 0 Å². The van der Waals surface area contributed by atoms with Gasteiger partial charge in [0.15, 0.2) is 0 Å². The number of rotatable bonds is 1. The Labute approximate surface area is 86.7 Å². The highest BCUT2D eigenvalue weighted by Gasteiger charge is 2.12. The number of nitrogens with zero attached hydrogens (tertiary/aromatic N) is 1. The van der Waals surface area contributed by atoms with Crippen LogP contribution in [0.1, 0.15) is 5.69 Å². The fraction of sp³-hybridized carbons (Fsp3) is 0.182. The van der Waals surface area contributed by atoms with E-state index in [4.69, 9.17) is 10.5 Å². The van der Waals surface area contributed by atoms with Gasteiger partial charge in [0.1, 0.15) is 5.82 Å². The number of ether oxygens (including phenoxy) is 1. The molecular weight excluding hydrogens is 195 g/mol. The van der Waals surface area contributed by atoms with Crippen molar-refractivity contribution in [2.75, 3.05) is 12.8 Å². The minimum absolute atomic E-state index is 0.353. The molecule has 0 aliphatic heterocycles. The Hall–Kier alpha value is -1.84. The first-order chi connectivity index (χ1) is 7.15. The Morgan fingerprint density at radius 2 is 2.13 bits per heavy atom. The molecule has 1 aromatic heterocycles. The van der Waals surface area contributed by atoms with E-state index in [1.54, 1.807) is 19.1 Å². The number of aromatic nitrogens is 1. The lowest BCUT2D eigenvalue weighted by molar-refractivity contribution is 0.402. The molecule has 0 unspecified atom stereocenters. The van der Waals surface area contributed by atoms with Crippen LogP contribution in [0.2, 0.25) is 0 Å². The summed E-state index contributed by atoms with van der Waals surface area (Å²) in [6.07, 6.45) is 0. The number of aryl methyl sites for hydroxylation is 1. The number of pyridine rings is 1. The highest BCUT2D eigenvalue weighted by Crippen LogP contribution is 2.31. The zero-order valence-electron chi connectivity index (χ0n) is 8.54. The van der Waals surface area contributed by atoms with Gasteiger partial charge in [0.2, 0.25) is 5.88 Å². The molecule has 0 aliphatic rings. The summed E-state index contributed by atoms with van der Waals surface area (Å²) in [4.78, 5) is 4.15. The zero-order chi connectivity index (χ0) is 11.0. The van der Waals surface area contributed by atoms with Gasteiger partial charge < -0.3 is 10.5 Å². The molecule has 2 aromatic rings. The van der Waals surface area contributed by atoms with Crippen LogP contribution in [0.3, 0.4) is 0 Å². The Morgan fingerprint density at radius 1 is 1.40 bits per heavy atom. The Balaban J connectivity index is 2.96. The SMILES string of the molecule is COc1nc(C)c(N)c2c(F)cccc12. The highest BCUT2D eigenvalue weighted by atomic mass is 19.1. The molecule has 78 valence electrons. The summed E-state index contributed by atoms with van der Waals surface area (Å²) in [6, 6.07) is 4.72. The lowest BCUT2D eigenvalue weighted by Crippen LogP contribution is -1.99. The summed E-state index contributed by atoms with van der Waals surface area (Å²) in [5.74, 6) is 0.0463. The van der Waals surface area contributed by atoms with E-state index in [0.29, 0.717) is 28.0 Å². The van der Waals surface area contributed by atoms with Crippen molar-refractivity contribution in [3.8, 4) is 5.88 Å². The fourth-order valence-electron chi connectivity index (χ4n) is 1.59. The van der Waals surface area contributed by atoms with Crippen LogP contribution in [0.25, 0.3) is 10.8 Å². The highest BCUT2D eigenvalue weighted by molar-refractivity contribution is 5.97. The third kappa shape index (κ3) is 1.38. The monoisotopic (exact) mass is 206 g/mol. The minimum atomic E-state index is -0.353. The van der Waals surface area contributed by atoms with Crippen molar-refractivity contribution in [3.63, 3.8) is 0 Å². The van der Waals surface area contributed by atoms with Gasteiger partial charge in [0.05, 0.1) is 18.5 Å². The lowest BCUT2D eigenvalue weighted by Gasteiger charge is -2.09. The fourth-order valence-corrected chi connectivity index (χ4v) is 1.59. The van der Waals surface area contributed by atoms with Crippen molar-refractivity contribution in [2.24, 2.45) is 0 Å². The van der Waals surface area contributed by atoms with E-state index < -0.39 is 0 Å². The molecule has 15 heavy (non-hydrogen) atoms. The van der Waals surface area contributed by atoms with Crippen molar-refractivity contribution >= 4 is 16.5 Å². The number of anilines is 1. The van der Waals surface area contributed by atoms with E-state index in [1.165, 1.54) is 13.2 Å². The van der Waals surface area contributed by atoms with E-state index in [-0.39, 0.29) is 5.82 Å². The van der Waals surface area contributed by atoms with Gasteiger partial charge in [-0.2, -0.15) is 0 Å². The normalized spacial score (nSPS) is 10.6. The number of hydrogen-bond donors (Lipinski definition) is 1. The Kier molecular flexibility index (Phi) is 2.19. The second-order valence-corrected chi connectivity index (χ2v) is 3.28. The lowest BCUT2D eigenvalue weighted by atomic mass is 10.1. The second kappa shape index (κ2) is 3.38. The number of fused-ring (bicyclic) bond motifs is 1. The summed E-state index contributed by atoms with van der Waals surface area (Å²) in [5.41, 5.74) is 6.72. The second-order valence-electron chi connectivity index (χ2n) is 3.28. The van der Waals surface area contributed by atoms with Crippen molar-refractivity contribution < 1.29 is 9.13 Å². The number of methoxy groups -OCH3 is 1. The predicted molar refractivity (Wildman–Crippen MR) is 57.4 cm³/mol. The maximum Gasteiger partial charge on any atom is 0.221 e. The van der Waals surface area contributed by atoms with Gasteiger partial charge in [-0.3, -0.25) is 0 Å². The molecule has 1 aromatic carbocycles. The number of benzene rings is 1. The van der Waals surface area contributed by atoms with Gasteiger partial charge in [0.25, 0.3) is 0 Å². The van der Waals surface area contributed by atoms with Crippen LogP contribution in [-0.2, 0) is 0 Å². The summed E-state index contributed by atoms with van der Waals surface area (Å²) in [6.45, 7) is 1.73. The third-order valence-electron chi connectivity index (χ3n) is 2.37. The van der Waals surface area contributed by atoms with Crippen LogP contribution in [0.15, 0.2) is 18.2 Å². The molecule has 4 heteroatoms. The first kappa shape index (κ1) is 9.71. The summed E-state index contributed by atoms with van der Waals surface area (Å²) in [7, 11) is 1.50.